The van der Waals surface area contributed by atoms with Gasteiger partial charge in [-0.05, 0) is 43.2 Å². The van der Waals surface area contributed by atoms with Crippen molar-refractivity contribution in [2.24, 2.45) is 4.99 Å². The molecule has 162 valence electrons. The van der Waals surface area contributed by atoms with E-state index in [0.717, 1.165) is 5.56 Å². The topological polar surface area (TPSA) is 104 Å². The number of aromatic nitrogens is 1. The summed E-state index contributed by atoms with van der Waals surface area (Å²) >= 11 is 1.20. The second-order valence-corrected chi connectivity index (χ2v) is 8.05. The number of carbonyl (C=O) groups excluding carboxylic acids is 1. The zero-order valence-electron chi connectivity index (χ0n) is 17.3. The van der Waals surface area contributed by atoms with E-state index in [9.17, 15) is 19.7 Å². The van der Waals surface area contributed by atoms with E-state index in [1.165, 1.54) is 28.0 Å². The number of esters is 1. The fourth-order valence-corrected chi connectivity index (χ4v) is 4.58. The van der Waals surface area contributed by atoms with Crippen LogP contribution in [-0.2, 0) is 9.53 Å². The molecule has 0 saturated heterocycles. The molecular weight excluding hydrogens is 430 g/mol. The molecule has 0 N–H and O–H groups in total. The summed E-state index contributed by atoms with van der Waals surface area (Å²) in [6, 6.07) is 14.7. The first-order chi connectivity index (χ1) is 15.4. The SMILES string of the molecule is CCOC(=O)C1=C(C)n2c(s/c(=C\c3ccc([N+](=O)[O-])cc3)c2=O)=N[C@H]1c1ccccc1. The number of carbonyl (C=O) groups is 1. The van der Waals surface area contributed by atoms with E-state index in [-0.39, 0.29) is 17.9 Å². The Kier molecular flexibility index (Phi) is 5.83. The maximum atomic E-state index is 13.2. The molecular formula is C23H19N3O5S. The predicted octanol–water partition coefficient (Wildman–Crippen LogP) is 2.82. The second-order valence-electron chi connectivity index (χ2n) is 7.04. The number of hydrogen-bond acceptors (Lipinski definition) is 7. The summed E-state index contributed by atoms with van der Waals surface area (Å²) in [6.45, 7) is 3.65. The zero-order chi connectivity index (χ0) is 22.8. The van der Waals surface area contributed by atoms with Crippen LogP contribution in [0.2, 0.25) is 0 Å². The Bertz CT molecular complexity index is 1400. The number of nitro benzene ring substituents is 1. The molecule has 2 heterocycles. The molecule has 0 bridgehead atoms. The van der Waals surface area contributed by atoms with Crippen LogP contribution in [0.5, 0.6) is 0 Å². The van der Waals surface area contributed by atoms with E-state index in [1.54, 1.807) is 32.1 Å². The van der Waals surface area contributed by atoms with E-state index in [2.05, 4.69) is 0 Å². The van der Waals surface area contributed by atoms with Crippen LogP contribution < -0.4 is 14.9 Å². The highest BCUT2D eigenvalue weighted by Crippen LogP contribution is 2.32. The minimum atomic E-state index is -0.583. The number of allylic oxidation sites excluding steroid dienone is 1. The minimum absolute atomic E-state index is 0.0251. The highest BCUT2D eigenvalue weighted by Gasteiger charge is 2.31. The quantitative estimate of drug-likeness (QED) is 0.338. The summed E-state index contributed by atoms with van der Waals surface area (Å²) in [7, 11) is 0. The zero-order valence-corrected chi connectivity index (χ0v) is 18.2. The molecule has 0 saturated carbocycles. The number of nitro groups is 1. The first-order valence-electron chi connectivity index (χ1n) is 9.89. The summed E-state index contributed by atoms with van der Waals surface area (Å²) in [4.78, 5) is 41.5. The summed E-state index contributed by atoms with van der Waals surface area (Å²) in [6.07, 6.45) is 1.66. The maximum Gasteiger partial charge on any atom is 0.338 e. The van der Waals surface area contributed by atoms with Gasteiger partial charge >= 0.3 is 5.97 Å². The van der Waals surface area contributed by atoms with Gasteiger partial charge in [0, 0.05) is 17.8 Å². The fraction of sp³-hybridized carbons (Fsp3) is 0.174. The summed E-state index contributed by atoms with van der Waals surface area (Å²) in [5, 5.41) is 10.9. The van der Waals surface area contributed by atoms with Gasteiger partial charge in [-0.15, -0.1) is 0 Å². The van der Waals surface area contributed by atoms with Gasteiger partial charge in [-0.3, -0.25) is 19.5 Å². The van der Waals surface area contributed by atoms with Crippen molar-refractivity contribution < 1.29 is 14.5 Å². The molecule has 0 fully saturated rings. The van der Waals surface area contributed by atoms with Gasteiger partial charge in [-0.2, -0.15) is 0 Å². The van der Waals surface area contributed by atoms with Crippen LogP contribution in [0.4, 0.5) is 5.69 Å². The lowest BCUT2D eigenvalue weighted by molar-refractivity contribution is -0.384. The summed E-state index contributed by atoms with van der Waals surface area (Å²) < 4.78 is 7.09. The molecule has 2 aromatic carbocycles. The summed E-state index contributed by atoms with van der Waals surface area (Å²) in [5.74, 6) is -0.507. The molecule has 9 heteroatoms. The summed E-state index contributed by atoms with van der Waals surface area (Å²) in [5.41, 5.74) is 1.95. The maximum absolute atomic E-state index is 13.2. The highest BCUT2D eigenvalue weighted by molar-refractivity contribution is 7.07. The molecule has 1 aliphatic rings. The molecule has 0 aliphatic carbocycles. The lowest BCUT2D eigenvalue weighted by atomic mass is 9.97. The van der Waals surface area contributed by atoms with E-state index in [4.69, 9.17) is 9.73 Å². The first-order valence-corrected chi connectivity index (χ1v) is 10.7. The number of nitrogens with zero attached hydrogens (tertiary/aromatic N) is 3. The number of thiazole rings is 1. The van der Waals surface area contributed by atoms with Crippen molar-refractivity contribution in [3.8, 4) is 0 Å². The molecule has 1 aromatic heterocycles. The second kappa shape index (κ2) is 8.72. The molecule has 4 rings (SSSR count). The third-order valence-electron chi connectivity index (χ3n) is 5.06. The Morgan fingerprint density at radius 2 is 1.91 bits per heavy atom. The fourth-order valence-electron chi connectivity index (χ4n) is 3.54. The van der Waals surface area contributed by atoms with E-state index >= 15 is 0 Å². The Labute approximate surface area is 186 Å². The molecule has 3 aromatic rings. The van der Waals surface area contributed by atoms with Crippen LogP contribution in [0.1, 0.15) is 31.0 Å². The third-order valence-corrected chi connectivity index (χ3v) is 6.04. The van der Waals surface area contributed by atoms with Gasteiger partial charge < -0.3 is 4.74 Å². The molecule has 1 aliphatic heterocycles. The number of non-ortho nitro benzene ring substituents is 1. The molecule has 1 atom stereocenters. The van der Waals surface area contributed by atoms with Gasteiger partial charge in [-0.1, -0.05) is 41.7 Å². The first kappa shape index (κ1) is 21.4. The van der Waals surface area contributed by atoms with Crippen molar-refractivity contribution in [3.05, 3.63) is 101 Å². The van der Waals surface area contributed by atoms with Crippen molar-refractivity contribution in [1.29, 1.82) is 0 Å². The molecule has 0 amide bonds. The lowest BCUT2D eigenvalue weighted by Crippen LogP contribution is -2.35. The van der Waals surface area contributed by atoms with Gasteiger partial charge in [0.15, 0.2) is 4.80 Å². The standard InChI is InChI=1S/C23H19N3O5S/c1-3-31-22(28)19-14(2)25-21(27)18(13-15-9-11-17(12-10-15)26(29)30)32-23(25)24-20(19)16-7-5-4-6-8-16/h4-13,20H,3H2,1-2H3/b18-13-/t20-/m0/s1. The van der Waals surface area contributed by atoms with Crippen LogP contribution in [0.25, 0.3) is 11.8 Å². The van der Waals surface area contributed by atoms with Crippen molar-refractivity contribution in [2.75, 3.05) is 6.61 Å². The van der Waals surface area contributed by atoms with Crippen LogP contribution in [-0.4, -0.2) is 22.1 Å². The van der Waals surface area contributed by atoms with Gasteiger partial charge in [0.1, 0.15) is 6.04 Å². The number of benzene rings is 2. The van der Waals surface area contributed by atoms with Crippen molar-refractivity contribution in [2.45, 2.75) is 19.9 Å². The smallest absolute Gasteiger partial charge is 0.338 e. The Morgan fingerprint density at radius 1 is 1.22 bits per heavy atom. The van der Waals surface area contributed by atoms with Crippen molar-refractivity contribution in [3.63, 3.8) is 0 Å². The van der Waals surface area contributed by atoms with E-state index < -0.39 is 16.9 Å². The average Bonchev–Trinajstić information content (AvgIpc) is 3.10. The number of rotatable bonds is 5. The van der Waals surface area contributed by atoms with Crippen LogP contribution >= 0.6 is 11.3 Å². The molecule has 0 radical (unpaired) electrons. The van der Waals surface area contributed by atoms with E-state index in [0.29, 0.717) is 26.2 Å². The van der Waals surface area contributed by atoms with Crippen LogP contribution in [0, 0.1) is 10.1 Å². The number of hydrogen-bond donors (Lipinski definition) is 0. The number of fused-ring (bicyclic) bond motifs is 1. The molecule has 0 spiro atoms. The van der Waals surface area contributed by atoms with Gasteiger partial charge in [0.05, 0.1) is 21.6 Å². The largest absolute Gasteiger partial charge is 0.463 e. The normalized spacial score (nSPS) is 15.8. The molecule has 8 nitrogen and oxygen atoms in total. The van der Waals surface area contributed by atoms with Crippen molar-refractivity contribution >= 4 is 34.8 Å². The van der Waals surface area contributed by atoms with Gasteiger partial charge in [0.2, 0.25) is 0 Å². The molecule has 0 unspecified atom stereocenters. The third kappa shape index (κ3) is 3.90. The predicted molar refractivity (Wildman–Crippen MR) is 121 cm³/mol. The molecule has 32 heavy (non-hydrogen) atoms. The number of ether oxygens (including phenoxy) is 1. The highest BCUT2D eigenvalue weighted by atomic mass is 32.1. The monoisotopic (exact) mass is 449 g/mol. The van der Waals surface area contributed by atoms with Crippen LogP contribution in [0.15, 0.2) is 70.0 Å². The average molecular weight is 449 g/mol. The van der Waals surface area contributed by atoms with Gasteiger partial charge in [-0.25, -0.2) is 9.79 Å². The Hall–Kier alpha value is -3.85. The minimum Gasteiger partial charge on any atom is -0.463 e. The Balaban J connectivity index is 1.89. The van der Waals surface area contributed by atoms with Crippen LogP contribution in [0.3, 0.4) is 0 Å². The van der Waals surface area contributed by atoms with Gasteiger partial charge in [0.25, 0.3) is 11.2 Å². The Morgan fingerprint density at radius 3 is 2.53 bits per heavy atom. The lowest BCUT2D eigenvalue weighted by Gasteiger charge is -2.22. The van der Waals surface area contributed by atoms with E-state index in [1.807, 2.05) is 30.3 Å². The van der Waals surface area contributed by atoms with Crippen molar-refractivity contribution in [1.82, 2.24) is 4.57 Å².